The molecule has 0 aliphatic carbocycles. The van der Waals surface area contributed by atoms with Gasteiger partial charge in [0, 0.05) is 17.7 Å². The minimum atomic E-state index is -0.266. The van der Waals surface area contributed by atoms with Gasteiger partial charge in [0.25, 0.3) is 5.91 Å². The SMILES string of the molecule is Cc1cc(C(N)c2ccc3c(c2)C(=O)NCC3)co1. The number of carbonyl (C=O) groups excluding carboxylic acids is 1. The van der Waals surface area contributed by atoms with Crippen LogP contribution in [0, 0.1) is 6.92 Å². The molecule has 2 aromatic rings. The molecule has 0 bridgehead atoms. The number of hydrogen-bond donors (Lipinski definition) is 2. The number of fused-ring (bicyclic) bond motifs is 1. The van der Waals surface area contributed by atoms with E-state index >= 15 is 0 Å². The van der Waals surface area contributed by atoms with Gasteiger partial charge in [0.1, 0.15) is 5.76 Å². The Labute approximate surface area is 111 Å². The van der Waals surface area contributed by atoms with Crippen molar-refractivity contribution in [1.29, 1.82) is 0 Å². The third-order valence-corrected chi connectivity index (χ3v) is 3.53. The van der Waals surface area contributed by atoms with E-state index in [2.05, 4.69) is 5.32 Å². The predicted octanol–water partition coefficient (Wildman–Crippen LogP) is 1.92. The van der Waals surface area contributed by atoms with E-state index in [1.807, 2.05) is 31.2 Å². The lowest BCUT2D eigenvalue weighted by atomic mass is 9.93. The first kappa shape index (κ1) is 12.0. The van der Waals surface area contributed by atoms with E-state index in [1.165, 1.54) is 0 Å². The van der Waals surface area contributed by atoms with Gasteiger partial charge in [0.05, 0.1) is 12.3 Å². The van der Waals surface area contributed by atoms with Gasteiger partial charge in [-0.3, -0.25) is 4.79 Å². The summed E-state index contributed by atoms with van der Waals surface area (Å²) in [6.45, 7) is 2.59. The van der Waals surface area contributed by atoms with E-state index < -0.39 is 0 Å². The molecule has 3 N–H and O–H groups in total. The van der Waals surface area contributed by atoms with E-state index in [0.717, 1.165) is 34.4 Å². The molecule has 0 fully saturated rings. The first-order valence-electron chi connectivity index (χ1n) is 6.37. The lowest BCUT2D eigenvalue weighted by molar-refractivity contribution is 0.0946. The smallest absolute Gasteiger partial charge is 0.251 e. The van der Waals surface area contributed by atoms with Crippen LogP contribution in [0.25, 0.3) is 0 Å². The van der Waals surface area contributed by atoms with Crippen molar-refractivity contribution in [2.75, 3.05) is 6.54 Å². The van der Waals surface area contributed by atoms with Gasteiger partial charge in [0.15, 0.2) is 0 Å². The Morgan fingerprint density at radius 2 is 2.16 bits per heavy atom. The molecule has 1 aliphatic rings. The quantitative estimate of drug-likeness (QED) is 0.862. The van der Waals surface area contributed by atoms with Crippen LogP contribution in [0.1, 0.15) is 38.9 Å². The summed E-state index contributed by atoms with van der Waals surface area (Å²) >= 11 is 0. The normalized spacial score (nSPS) is 15.8. The maximum absolute atomic E-state index is 11.8. The highest BCUT2D eigenvalue weighted by Crippen LogP contribution is 2.25. The van der Waals surface area contributed by atoms with Gasteiger partial charge in [0.2, 0.25) is 0 Å². The zero-order valence-electron chi connectivity index (χ0n) is 10.8. The summed E-state index contributed by atoms with van der Waals surface area (Å²) in [4.78, 5) is 11.8. The van der Waals surface area contributed by atoms with Crippen LogP contribution in [0.5, 0.6) is 0 Å². The molecule has 0 spiro atoms. The lowest BCUT2D eigenvalue weighted by Crippen LogP contribution is -2.32. The molecule has 0 saturated heterocycles. The van der Waals surface area contributed by atoms with Gasteiger partial charge < -0.3 is 15.5 Å². The number of furan rings is 1. The fraction of sp³-hybridized carbons (Fsp3) is 0.267. The van der Waals surface area contributed by atoms with Gasteiger partial charge in [-0.1, -0.05) is 12.1 Å². The highest BCUT2D eigenvalue weighted by molar-refractivity contribution is 5.96. The van der Waals surface area contributed by atoms with Gasteiger partial charge in [-0.05, 0) is 36.6 Å². The summed E-state index contributed by atoms with van der Waals surface area (Å²) in [5, 5.41) is 2.85. The highest BCUT2D eigenvalue weighted by Gasteiger charge is 2.19. The molecule has 19 heavy (non-hydrogen) atoms. The molecule has 1 amide bonds. The van der Waals surface area contributed by atoms with Crippen molar-refractivity contribution in [3.8, 4) is 0 Å². The Morgan fingerprint density at radius 1 is 1.32 bits per heavy atom. The van der Waals surface area contributed by atoms with Gasteiger partial charge >= 0.3 is 0 Å². The number of benzene rings is 1. The van der Waals surface area contributed by atoms with Crippen LogP contribution in [0.4, 0.5) is 0 Å². The third-order valence-electron chi connectivity index (χ3n) is 3.53. The monoisotopic (exact) mass is 256 g/mol. The van der Waals surface area contributed by atoms with Crippen LogP contribution in [-0.2, 0) is 6.42 Å². The van der Waals surface area contributed by atoms with E-state index in [0.29, 0.717) is 6.54 Å². The molecule has 3 rings (SSSR count). The van der Waals surface area contributed by atoms with Crippen LogP contribution in [0.15, 0.2) is 34.9 Å². The first-order valence-corrected chi connectivity index (χ1v) is 6.37. The molecule has 98 valence electrons. The number of hydrogen-bond acceptors (Lipinski definition) is 3. The number of aryl methyl sites for hydroxylation is 1. The first-order chi connectivity index (χ1) is 9.15. The zero-order chi connectivity index (χ0) is 13.4. The molecule has 1 atom stereocenters. The van der Waals surface area contributed by atoms with Crippen molar-refractivity contribution in [1.82, 2.24) is 5.32 Å². The van der Waals surface area contributed by atoms with Crippen molar-refractivity contribution in [2.45, 2.75) is 19.4 Å². The van der Waals surface area contributed by atoms with E-state index in [-0.39, 0.29) is 11.9 Å². The van der Waals surface area contributed by atoms with Crippen LogP contribution < -0.4 is 11.1 Å². The van der Waals surface area contributed by atoms with E-state index in [9.17, 15) is 4.79 Å². The van der Waals surface area contributed by atoms with Crippen molar-refractivity contribution in [2.24, 2.45) is 5.73 Å². The van der Waals surface area contributed by atoms with Crippen molar-refractivity contribution < 1.29 is 9.21 Å². The Balaban J connectivity index is 1.97. The summed E-state index contributed by atoms with van der Waals surface area (Å²) in [7, 11) is 0. The molecular formula is C15H16N2O2. The standard InChI is InChI=1S/C15H16N2O2/c1-9-6-12(8-19-9)14(16)11-3-2-10-4-5-17-15(18)13(10)7-11/h2-3,6-8,14H,4-5,16H2,1H3,(H,17,18). The summed E-state index contributed by atoms with van der Waals surface area (Å²) in [5.74, 6) is 0.819. The molecule has 0 saturated carbocycles. The van der Waals surface area contributed by atoms with E-state index in [1.54, 1.807) is 6.26 Å². The summed E-state index contributed by atoms with van der Waals surface area (Å²) in [6, 6.07) is 7.53. The Kier molecular flexibility index (Phi) is 2.87. The summed E-state index contributed by atoms with van der Waals surface area (Å²) in [5.41, 5.74) is 9.89. The van der Waals surface area contributed by atoms with Crippen LogP contribution in [0.3, 0.4) is 0 Å². The second-order valence-corrected chi connectivity index (χ2v) is 4.89. The molecule has 1 aromatic carbocycles. The number of nitrogens with two attached hydrogens (primary N) is 1. The largest absolute Gasteiger partial charge is 0.469 e. The molecular weight excluding hydrogens is 240 g/mol. The molecule has 1 aliphatic heterocycles. The zero-order valence-corrected chi connectivity index (χ0v) is 10.8. The average Bonchev–Trinajstić information content (AvgIpc) is 2.85. The molecule has 1 aromatic heterocycles. The van der Waals surface area contributed by atoms with E-state index in [4.69, 9.17) is 10.2 Å². The van der Waals surface area contributed by atoms with Gasteiger partial charge in [-0.25, -0.2) is 0 Å². The van der Waals surface area contributed by atoms with Crippen molar-refractivity contribution >= 4 is 5.91 Å². The van der Waals surface area contributed by atoms with Crippen molar-refractivity contribution in [3.63, 3.8) is 0 Å². The number of rotatable bonds is 2. The maximum atomic E-state index is 11.8. The second-order valence-electron chi connectivity index (χ2n) is 4.89. The maximum Gasteiger partial charge on any atom is 0.251 e. The number of nitrogens with one attached hydrogen (secondary N) is 1. The minimum absolute atomic E-state index is 0.0151. The Hall–Kier alpha value is -2.07. The van der Waals surface area contributed by atoms with Crippen molar-refractivity contribution in [3.05, 3.63) is 58.5 Å². The molecule has 1 unspecified atom stereocenters. The molecule has 0 radical (unpaired) electrons. The fourth-order valence-corrected chi connectivity index (χ4v) is 2.44. The minimum Gasteiger partial charge on any atom is -0.469 e. The number of carbonyl (C=O) groups is 1. The molecule has 2 heterocycles. The highest BCUT2D eigenvalue weighted by atomic mass is 16.3. The lowest BCUT2D eigenvalue weighted by Gasteiger charge is -2.19. The summed E-state index contributed by atoms with van der Waals surface area (Å²) in [6.07, 6.45) is 2.54. The van der Waals surface area contributed by atoms with Gasteiger partial charge in [-0.2, -0.15) is 0 Å². The van der Waals surface area contributed by atoms with Crippen LogP contribution >= 0.6 is 0 Å². The third kappa shape index (κ3) is 2.15. The Bertz CT molecular complexity index is 631. The van der Waals surface area contributed by atoms with Crippen LogP contribution in [-0.4, -0.2) is 12.5 Å². The summed E-state index contributed by atoms with van der Waals surface area (Å²) < 4.78 is 5.28. The molecule has 4 nitrogen and oxygen atoms in total. The topological polar surface area (TPSA) is 68.3 Å². The number of amides is 1. The average molecular weight is 256 g/mol. The predicted molar refractivity (Wildman–Crippen MR) is 72.0 cm³/mol. The Morgan fingerprint density at radius 3 is 2.89 bits per heavy atom. The fourth-order valence-electron chi connectivity index (χ4n) is 2.44. The van der Waals surface area contributed by atoms with Gasteiger partial charge in [-0.15, -0.1) is 0 Å². The van der Waals surface area contributed by atoms with Crippen LogP contribution in [0.2, 0.25) is 0 Å². The molecule has 4 heteroatoms. The second kappa shape index (κ2) is 4.55.